The number of nitrogens with zero attached hydrogens (tertiary/aromatic N) is 1. The summed E-state index contributed by atoms with van der Waals surface area (Å²) >= 11 is 0. The molecule has 1 saturated heterocycles. The number of amides is 1. The minimum Gasteiger partial charge on any atom is -0.483 e. The molecule has 1 aliphatic rings. The lowest BCUT2D eigenvalue weighted by Crippen LogP contribution is -2.43. The second kappa shape index (κ2) is 6.81. The molecule has 0 saturated carbocycles. The van der Waals surface area contributed by atoms with E-state index in [9.17, 15) is 9.59 Å². The standard InChI is InChI=1S/C17H23NO4/c1-11-7-8-12(2)16(13(11)3)22-10-15(19)18-9-5-6-14(18)17(20)21-4/h7-8,14H,5-6,9-10H2,1-4H3. The number of hydrogen-bond donors (Lipinski definition) is 0. The number of carbonyl (C=O) groups excluding carboxylic acids is 2. The molecule has 1 fully saturated rings. The van der Waals surface area contributed by atoms with E-state index >= 15 is 0 Å². The third-order valence-electron chi connectivity index (χ3n) is 4.26. The zero-order chi connectivity index (χ0) is 16.3. The number of likely N-dealkylation sites (tertiary alicyclic amines) is 1. The van der Waals surface area contributed by atoms with Gasteiger partial charge in [0.1, 0.15) is 11.8 Å². The van der Waals surface area contributed by atoms with Crippen LogP contribution < -0.4 is 4.74 Å². The van der Waals surface area contributed by atoms with Crippen LogP contribution in [0.4, 0.5) is 0 Å². The first-order valence-corrected chi connectivity index (χ1v) is 7.52. The smallest absolute Gasteiger partial charge is 0.328 e. The van der Waals surface area contributed by atoms with Gasteiger partial charge in [0.25, 0.3) is 5.91 Å². The van der Waals surface area contributed by atoms with E-state index in [-0.39, 0.29) is 18.5 Å². The molecule has 1 amide bonds. The summed E-state index contributed by atoms with van der Waals surface area (Å²) in [4.78, 5) is 25.6. The summed E-state index contributed by atoms with van der Waals surface area (Å²) < 4.78 is 10.5. The van der Waals surface area contributed by atoms with E-state index in [4.69, 9.17) is 9.47 Å². The molecular weight excluding hydrogens is 282 g/mol. The van der Waals surface area contributed by atoms with Crippen molar-refractivity contribution in [1.29, 1.82) is 0 Å². The molecule has 0 aliphatic carbocycles. The minimum atomic E-state index is -0.471. The van der Waals surface area contributed by atoms with E-state index in [0.29, 0.717) is 13.0 Å². The van der Waals surface area contributed by atoms with Crippen molar-refractivity contribution < 1.29 is 19.1 Å². The normalized spacial score (nSPS) is 17.5. The van der Waals surface area contributed by atoms with E-state index < -0.39 is 6.04 Å². The Morgan fingerprint density at radius 1 is 1.23 bits per heavy atom. The molecule has 0 spiro atoms. The lowest BCUT2D eigenvalue weighted by Gasteiger charge is -2.23. The van der Waals surface area contributed by atoms with Crippen molar-refractivity contribution in [3.8, 4) is 5.75 Å². The van der Waals surface area contributed by atoms with Crippen LogP contribution in [0.2, 0.25) is 0 Å². The van der Waals surface area contributed by atoms with E-state index in [1.165, 1.54) is 7.11 Å². The number of esters is 1. The molecule has 1 aromatic rings. The molecule has 2 rings (SSSR count). The van der Waals surface area contributed by atoms with E-state index in [1.54, 1.807) is 4.90 Å². The van der Waals surface area contributed by atoms with Crippen molar-refractivity contribution in [2.45, 2.75) is 39.7 Å². The Labute approximate surface area is 131 Å². The Hall–Kier alpha value is -2.04. The first-order chi connectivity index (χ1) is 10.5. The van der Waals surface area contributed by atoms with Crippen molar-refractivity contribution in [2.24, 2.45) is 0 Å². The van der Waals surface area contributed by atoms with Gasteiger partial charge in [0.2, 0.25) is 0 Å². The largest absolute Gasteiger partial charge is 0.483 e. The van der Waals surface area contributed by atoms with Crippen molar-refractivity contribution in [1.82, 2.24) is 4.90 Å². The summed E-state index contributed by atoms with van der Waals surface area (Å²) in [5.74, 6) is 0.226. The number of carbonyl (C=O) groups is 2. The van der Waals surface area contributed by atoms with Gasteiger partial charge >= 0.3 is 5.97 Å². The molecule has 0 bridgehead atoms. The molecule has 0 aromatic heterocycles. The zero-order valence-electron chi connectivity index (χ0n) is 13.6. The first-order valence-electron chi connectivity index (χ1n) is 7.52. The fraction of sp³-hybridized carbons (Fsp3) is 0.529. The zero-order valence-corrected chi connectivity index (χ0v) is 13.6. The fourth-order valence-electron chi connectivity index (χ4n) is 2.81. The maximum Gasteiger partial charge on any atom is 0.328 e. The number of aryl methyl sites for hydroxylation is 2. The highest BCUT2D eigenvalue weighted by atomic mass is 16.5. The minimum absolute atomic E-state index is 0.0569. The second-order valence-corrected chi connectivity index (χ2v) is 5.71. The van der Waals surface area contributed by atoms with E-state index in [2.05, 4.69) is 0 Å². The summed E-state index contributed by atoms with van der Waals surface area (Å²) in [6.45, 7) is 6.47. The van der Waals surface area contributed by atoms with Gasteiger partial charge in [0.15, 0.2) is 6.61 Å². The van der Waals surface area contributed by atoms with Crippen LogP contribution in [0.15, 0.2) is 12.1 Å². The van der Waals surface area contributed by atoms with Gasteiger partial charge in [-0.2, -0.15) is 0 Å². The van der Waals surface area contributed by atoms with Crippen LogP contribution in [0.1, 0.15) is 29.5 Å². The molecular formula is C17H23NO4. The predicted octanol–water partition coefficient (Wildman–Crippen LogP) is 2.15. The first kappa shape index (κ1) is 16.3. The van der Waals surface area contributed by atoms with Crippen molar-refractivity contribution in [2.75, 3.05) is 20.3 Å². The van der Waals surface area contributed by atoms with Crippen LogP contribution in [0.3, 0.4) is 0 Å². The topological polar surface area (TPSA) is 55.8 Å². The average molecular weight is 305 g/mol. The molecule has 5 heteroatoms. The maximum atomic E-state index is 12.4. The van der Waals surface area contributed by atoms with Crippen LogP contribution in [-0.2, 0) is 14.3 Å². The molecule has 1 heterocycles. The number of benzene rings is 1. The van der Waals surface area contributed by atoms with Gasteiger partial charge in [0.05, 0.1) is 7.11 Å². The van der Waals surface area contributed by atoms with Crippen LogP contribution in [-0.4, -0.2) is 43.1 Å². The summed E-state index contributed by atoms with van der Waals surface area (Å²) in [5, 5.41) is 0. The quantitative estimate of drug-likeness (QED) is 0.800. The molecule has 0 N–H and O–H groups in total. The Balaban J connectivity index is 2.04. The Morgan fingerprint density at radius 2 is 1.91 bits per heavy atom. The fourth-order valence-corrected chi connectivity index (χ4v) is 2.81. The summed E-state index contributed by atoms with van der Waals surface area (Å²) in [6, 6.07) is 3.54. The number of rotatable bonds is 4. The number of ether oxygens (including phenoxy) is 2. The highest BCUT2D eigenvalue weighted by molar-refractivity contribution is 5.86. The van der Waals surface area contributed by atoms with Crippen molar-refractivity contribution >= 4 is 11.9 Å². The molecule has 1 aliphatic heterocycles. The lowest BCUT2D eigenvalue weighted by molar-refractivity contribution is -0.151. The van der Waals surface area contributed by atoms with Gasteiger partial charge in [-0.3, -0.25) is 4.79 Å². The molecule has 0 radical (unpaired) electrons. The lowest BCUT2D eigenvalue weighted by atomic mass is 10.1. The third kappa shape index (κ3) is 3.24. The van der Waals surface area contributed by atoms with Crippen LogP contribution >= 0.6 is 0 Å². The highest BCUT2D eigenvalue weighted by Gasteiger charge is 2.34. The van der Waals surface area contributed by atoms with Crippen LogP contribution in [0, 0.1) is 20.8 Å². The molecule has 120 valence electrons. The average Bonchev–Trinajstić information content (AvgIpc) is 2.99. The van der Waals surface area contributed by atoms with Gasteiger partial charge in [-0.15, -0.1) is 0 Å². The molecule has 1 aromatic carbocycles. The molecule has 1 unspecified atom stereocenters. The molecule has 22 heavy (non-hydrogen) atoms. The monoisotopic (exact) mass is 305 g/mol. The number of hydrogen-bond acceptors (Lipinski definition) is 4. The summed E-state index contributed by atoms with van der Waals surface area (Å²) in [6.07, 6.45) is 1.47. The summed E-state index contributed by atoms with van der Waals surface area (Å²) in [7, 11) is 1.35. The van der Waals surface area contributed by atoms with Crippen molar-refractivity contribution in [3.63, 3.8) is 0 Å². The van der Waals surface area contributed by atoms with E-state index in [1.807, 2.05) is 32.9 Å². The second-order valence-electron chi connectivity index (χ2n) is 5.71. The van der Waals surface area contributed by atoms with Crippen LogP contribution in [0.25, 0.3) is 0 Å². The summed E-state index contributed by atoms with van der Waals surface area (Å²) in [5.41, 5.74) is 3.17. The van der Waals surface area contributed by atoms with Gasteiger partial charge in [0, 0.05) is 6.54 Å². The Bertz CT molecular complexity index is 582. The van der Waals surface area contributed by atoms with Crippen molar-refractivity contribution in [3.05, 3.63) is 28.8 Å². The Kier molecular flexibility index (Phi) is 5.06. The Morgan fingerprint density at radius 3 is 2.59 bits per heavy atom. The van der Waals surface area contributed by atoms with Crippen LogP contribution in [0.5, 0.6) is 5.75 Å². The van der Waals surface area contributed by atoms with Gasteiger partial charge < -0.3 is 14.4 Å². The third-order valence-corrected chi connectivity index (χ3v) is 4.26. The van der Waals surface area contributed by atoms with E-state index in [0.717, 1.165) is 28.9 Å². The van der Waals surface area contributed by atoms with Gasteiger partial charge in [-0.1, -0.05) is 12.1 Å². The SMILES string of the molecule is COC(=O)C1CCCN1C(=O)COc1c(C)ccc(C)c1C. The molecule has 5 nitrogen and oxygen atoms in total. The predicted molar refractivity (Wildman–Crippen MR) is 82.9 cm³/mol. The van der Waals surface area contributed by atoms with Gasteiger partial charge in [-0.05, 0) is 50.3 Å². The maximum absolute atomic E-state index is 12.4. The number of methoxy groups -OCH3 is 1. The highest BCUT2D eigenvalue weighted by Crippen LogP contribution is 2.26. The van der Waals surface area contributed by atoms with Gasteiger partial charge in [-0.25, -0.2) is 4.79 Å². The molecule has 1 atom stereocenters.